The molecule has 6 nitrogen and oxygen atoms in total. The molecule has 0 spiro atoms. The fraction of sp³-hybridized carbons (Fsp3) is 0.133. The lowest BCUT2D eigenvalue weighted by atomic mass is 10.2. The van der Waals surface area contributed by atoms with Crippen LogP contribution in [-0.4, -0.2) is 35.3 Å². The zero-order valence-electron chi connectivity index (χ0n) is 12.5. The number of rotatable bonds is 5. The second-order valence-electron chi connectivity index (χ2n) is 4.49. The molecule has 0 saturated carbocycles. The van der Waals surface area contributed by atoms with Crippen molar-refractivity contribution < 1.29 is 9.47 Å². The van der Waals surface area contributed by atoms with E-state index in [1.54, 1.807) is 36.4 Å². The van der Waals surface area contributed by atoms with Gasteiger partial charge in [0.05, 0.1) is 20.4 Å². The van der Waals surface area contributed by atoms with Gasteiger partial charge in [-0.1, -0.05) is 6.07 Å². The van der Waals surface area contributed by atoms with Crippen LogP contribution in [0.15, 0.2) is 40.8 Å². The van der Waals surface area contributed by atoms with Gasteiger partial charge >= 0.3 is 0 Å². The van der Waals surface area contributed by atoms with E-state index in [9.17, 15) is 0 Å². The second-order valence-corrected chi connectivity index (χ2v) is 5.86. The quantitative estimate of drug-likeness (QED) is 0.567. The fourth-order valence-corrected chi connectivity index (χ4v) is 2.80. The molecule has 23 heavy (non-hydrogen) atoms. The van der Waals surface area contributed by atoms with Crippen molar-refractivity contribution >= 4 is 29.8 Å². The van der Waals surface area contributed by atoms with Gasteiger partial charge in [0, 0.05) is 10.4 Å². The molecule has 2 aromatic heterocycles. The minimum absolute atomic E-state index is 0.419. The summed E-state index contributed by atoms with van der Waals surface area (Å²) in [7, 11) is 3.19. The molecule has 8 heteroatoms. The van der Waals surface area contributed by atoms with E-state index >= 15 is 0 Å². The summed E-state index contributed by atoms with van der Waals surface area (Å²) in [5.41, 5.74) is 0.818. The Morgan fingerprint density at radius 1 is 1.26 bits per heavy atom. The molecule has 0 fully saturated rings. The van der Waals surface area contributed by atoms with E-state index in [2.05, 4.69) is 15.3 Å². The van der Waals surface area contributed by atoms with Crippen LogP contribution in [0.25, 0.3) is 11.4 Å². The highest BCUT2D eigenvalue weighted by molar-refractivity contribution is 7.71. The summed E-state index contributed by atoms with van der Waals surface area (Å²) in [6, 6.07) is 9.48. The lowest BCUT2D eigenvalue weighted by Gasteiger charge is -2.08. The maximum absolute atomic E-state index is 5.33. The topological polar surface area (TPSA) is 64.4 Å². The van der Waals surface area contributed by atoms with Crippen molar-refractivity contribution in [2.45, 2.75) is 0 Å². The Morgan fingerprint density at radius 2 is 2.09 bits per heavy atom. The standard InChI is InChI=1S/C15H14N4O2S2/c1-20-12-6-5-10(8-13(12)21-2)14-17-18-15(22)19(14)16-9-11-4-3-7-23-11/h3-9H,1-2H3,(H,18,22)/b16-9-. The molecule has 2 heterocycles. The van der Waals surface area contributed by atoms with Crippen LogP contribution in [0.3, 0.4) is 0 Å². The summed E-state index contributed by atoms with van der Waals surface area (Å²) in [4.78, 5) is 1.03. The number of thiophene rings is 1. The van der Waals surface area contributed by atoms with Gasteiger partial charge in [0.1, 0.15) is 0 Å². The molecule has 3 aromatic rings. The van der Waals surface area contributed by atoms with E-state index < -0.39 is 0 Å². The van der Waals surface area contributed by atoms with Crippen LogP contribution in [0.4, 0.5) is 0 Å². The summed E-state index contributed by atoms with van der Waals surface area (Å²) in [6.07, 6.45) is 1.75. The van der Waals surface area contributed by atoms with Crippen LogP contribution in [0.5, 0.6) is 11.5 Å². The number of ether oxygens (including phenoxy) is 2. The third kappa shape index (κ3) is 3.17. The first-order valence-corrected chi connectivity index (χ1v) is 7.99. The average molecular weight is 346 g/mol. The Kier molecular flexibility index (Phi) is 4.54. The van der Waals surface area contributed by atoms with Crippen LogP contribution in [-0.2, 0) is 0 Å². The summed E-state index contributed by atoms with van der Waals surface area (Å²) < 4.78 is 12.6. The van der Waals surface area contributed by atoms with E-state index in [-0.39, 0.29) is 0 Å². The van der Waals surface area contributed by atoms with E-state index in [1.165, 1.54) is 0 Å². The molecule has 0 aliphatic heterocycles. The predicted octanol–water partition coefficient (Wildman–Crippen LogP) is 3.57. The summed E-state index contributed by atoms with van der Waals surface area (Å²) in [6.45, 7) is 0. The van der Waals surface area contributed by atoms with Crippen LogP contribution in [0.2, 0.25) is 0 Å². The van der Waals surface area contributed by atoms with Crippen molar-refractivity contribution in [2.24, 2.45) is 5.10 Å². The van der Waals surface area contributed by atoms with Crippen molar-refractivity contribution in [3.63, 3.8) is 0 Å². The number of benzene rings is 1. The van der Waals surface area contributed by atoms with Crippen molar-refractivity contribution in [1.82, 2.24) is 14.9 Å². The van der Waals surface area contributed by atoms with Crippen LogP contribution >= 0.6 is 23.6 Å². The van der Waals surface area contributed by atoms with E-state index in [0.717, 1.165) is 10.4 Å². The number of nitrogens with one attached hydrogen (secondary N) is 1. The van der Waals surface area contributed by atoms with Crippen molar-refractivity contribution in [3.05, 3.63) is 45.4 Å². The molecule has 1 aromatic carbocycles. The molecule has 0 aliphatic carbocycles. The van der Waals surface area contributed by atoms with E-state index in [0.29, 0.717) is 22.1 Å². The minimum atomic E-state index is 0.419. The van der Waals surface area contributed by atoms with Crippen LogP contribution in [0, 0.1) is 4.77 Å². The molecule has 1 N–H and O–H groups in total. The summed E-state index contributed by atoms with van der Waals surface area (Å²) >= 11 is 6.86. The van der Waals surface area contributed by atoms with Crippen molar-refractivity contribution in [2.75, 3.05) is 14.2 Å². The second kappa shape index (κ2) is 6.76. The molecule has 3 rings (SSSR count). The SMILES string of the molecule is COc1ccc(-c2n[nH]c(=S)n2/N=C\c2cccs2)cc1OC. The number of aromatic amines is 1. The first-order chi connectivity index (χ1) is 11.2. The number of hydrogen-bond acceptors (Lipinski definition) is 6. The predicted molar refractivity (Wildman–Crippen MR) is 93.3 cm³/mol. The highest BCUT2D eigenvalue weighted by atomic mass is 32.1. The summed E-state index contributed by atoms with van der Waals surface area (Å²) in [5, 5.41) is 13.4. The summed E-state index contributed by atoms with van der Waals surface area (Å²) in [5.74, 6) is 1.87. The first kappa shape index (κ1) is 15.4. The highest BCUT2D eigenvalue weighted by Gasteiger charge is 2.12. The van der Waals surface area contributed by atoms with Gasteiger partial charge in [0.15, 0.2) is 17.3 Å². The molecule has 0 amide bonds. The average Bonchev–Trinajstić information content (AvgIpc) is 3.22. The third-order valence-electron chi connectivity index (χ3n) is 3.14. The minimum Gasteiger partial charge on any atom is -0.493 e. The van der Waals surface area contributed by atoms with Crippen molar-refractivity contribution in [3.8, 4) is 22.9 Å². The molecule has 118 valence electrons. The first-order valence-electron chi connectivity index (χ1n) is 6.70. The highest BCUT2D eigenvalue weighted by Crippen LogP contribution is 2.31. The molecule has 0 unspecified atom stereocenters. The number of nitrogens with zero attached hydrogens (tertiary/aromatic N) is 3. The normalized spacial score (nSPS) is 11.0. The van der Waals surface area contributed by atoms with Crippen LogP contribution < -0.4 is 9.47 Å². The zero-order valence-corrected chi connectivity index (χ0v) is 14.1. The smallest absolute Gasteiger partial charge is 0.216 e. The van der Waals surface area contributed by atoms with Gasteiger partial charge in [-0.15, -0.1) is 11.3 Å². The molecule has 0 radical (unpaired) electrons. The number of H-pyrrole nitrogens is 1. The maximum Gasteiger partial charge on any atom is 0.216 e. The molecular weight excluding hydrogens is 332 g/mol. The molecular formula is C15H14N4O2S2. The molecule has 0 saturated heterocycles. The van der Waals surface area contributed by atoms with E-state index in [4.69, 9.17) is 21.7 Å². The largest absolute Gasteiger partial charge is 0.493 e. The maximum atomic E-state index is 5.33. The van der Waals surface area contributed by atoms with E-state index in [1.807, 2.05) is 35.7 Å². The van der Waals surface area contributed by atoms with Gasteiger partial charge in [0.25, 0.3) is 0 Å². The van der Waals surface area contributed by atoms with Gasteiger partial charge < -0.3 is 9.47 Å². The Morgan fingerprint density at radius 3 is 2.78 bits per heavy atom. The van der Waals surface area contributed by atoms with Crippen molar-refractivity contribution in [1.29, 1.82) is 0 Å². The Labute approximate surface area is 142 Å². The number of methoxy groups -OCH3 is 2. The fourth-order valence-electron chi connectivity index (χ4n) is 2.04. The number of aromatic nitrogens is 3. The van der Waals surface area contributed by atoms with Gasteiger partial charge in [-0.05, 0) is 41.9 Å². The Hall–Kier alpha value is -2.45. The van der Waals surface area contributed by atoms with Gasteiger partial charge in [-0.2, -0.15) is 14.9 Å². The third-order valence-corrected chi connectivity index (χ3v) is 4.21. The Balaban J connectivity index is 2.03. The lowest BCUT2D eigenvalue weighted by molar-refractivity contribution is 0.355. The Bertz CT molecular complexity index is 881. The molecule has 0 atom stereocenters. The van der Waals surface area contributed by atoms with Gasteiger partial charge in [-0.3, -0.25) is 0 Å². The lowest BCUT2D eigenvalue weighted by Crippen LogP contribution is -1.96. The van der Waals surface area contributed by atoms with Gasteiger partial charge in [-0.25, -0.2) is 5.10 Å². The molecule has 0 aliphatic rings. The van der Waals surface area contributed by atoms with Gasteiger partial charge in [0.2, 0.25) is 4.77 Å². The number of hydrogen-bond donors (Lipinski definition) is 1. The van der Waals surface area contributed by atoms with Crippen LogP contribution in [0.1, 0.15) is 4.88 Å². The molecule has 0 bridgehead atoms. The zero-order chi connectivity index (χ0) is 16.2. The monoisotopic (exact) mass is 346 g/mol.